The van der Waals surface area contributed by atoms with E-state index in [0.717, 1.165) is 22.0 Å². The lowest BCUT2D eigenvalue weighted by molar-refractivity contribution is 0.103. The number of carbonyl (C=O) groups excluding carboxylic acids is 1. The number of anilines is 1. The van der Waals surface area contributed by atoms with Crippen molar-refractivity contribution >= 4 is 39.0 Å². The number of fused-ring (bicyclic) bond motifs is 2. The minimum absolute atomic E-state index is 0.0848. The first-order valence-electron chi connectivity index (χ1n) is 5.84. The second-order valence-corrected chi connectivity index (χ2v) is 5.80. The van der Waals surface area contributed by atoms with Gasteiger partial charge in [-0.2, -0.15) is 0 Å². The van der Waals surface area contributed by atoms with Crippen LogP contribution in [0.15, 0.2) is 28.9 Å². The van der Waals surface area contributed by atoms with Crippen molar-refractivity contribution in [1.29, 1.82) is 0 Å². The first-order valence-corrected chi connectivity index (χ1v) is 7.01. The van der Waals surface area contributed by atoms with Gasteiger partial charge >= 0.3 is 0 Å². The van der Waals surface area contributed by atoms with Gasteiger partial charge in [0.25, 0.3) is 0 Å². The summed E-state index contributed by atoms with van der Waals surface area (Å²) < 4.78 is 0.871. The van der Waals surface area contributed by atoms with Gasteiger partial charge in [0, 0.05) is 16.2 Å². The van der Waals surface area contributed by atoms with Crippen molar-refractivity contribution in [1.82, 2.24) is 4.98 Å². The fraction of sp³-hybridized carbons (Fsp3) is 0.143. The van der Waals surface area contributed by atoms with Crippen LogP contribution in [0.2, 0.25) is 5.02 Å². The molecule has 19 heavy (non-hydrogen) atoms. The summed E-state index contributed by atoms with van der Waals surface area (Å²) in [6.45, 7) is 0. The zero-order chi connectivity index (χ0) is 13.6. The van der Waals surface area contributed by atoms with E-state index < -0.39 is 0 Å². The molecule has 3 nitrogen and oxygen atoms in total. The van der Waals surface area contributed by atoms with E-state index in [2.05, 4.69) is 20.9 Å². The van der Waals surface area contributed by atoms with Gasteiger partial charge in [0.2, 0.25) is 5.78 Å². The number of hydrogen-bond acceptors (Lipinski definition) is 3. The number of nitrogen functional groups attached to an aromatic ring is 1. The molecular weight excluding hydrogens is 328 g/mol. The van der Waals surface area contributed by atoms with Gasteiger partial charge in [0.05, 0.1) is 10.7 Å². The molecule has 0 spiro atoms. The number of aromatic nitrogens is 1. The highest BCUT2D eigenvalue weighted by molar-refractivity contribution is 9.10. The first kappa shape index (κ1) is 12.6. The topological polar surface area (TPSA) is 56.0 Å². The molecule has 5 heteroatoms. The van der Waals surface area contributed by atoms with Crippen molar-refractivity contribution < 1.29 is 4.79 Å². The third-order valence-corrected chi connectivity index (χ3v) is 4.10. The van der Waals surface area contributed by atoms with Crippen LogP contribution in [0.1, 0.15) is 27.2 Å². The number of ketones is 1. The Balaban J connectivity index is 2.22. The van der Waals surface area contributed by atoms with E-state index in [4.69, 9.17) is 17.3 Å². The molecule has 1 aliphatic carbocycles. The highest BCUT2D eigenvalue weighted by atomic mass is 79.9. The molecule has 0 saturated carbocycles. The average Bonchev–Trinajstić information content (AvgIpc) is 2.52. The molecule has 1 aromatic heterocycles. The fourth-order valence-electron chi connectivity index (χ4n) is 2.38. The molecule has 1 heterocycles. The quantitative estimate of drug-likeness (QED) is 0.750. The van der Waals surface area contributed by atoms with Gasteiger partial charge in [-0.25, -0.2) is 0 Å². The Bertz CT molecular complexity index is 700. The summed E-state index contributed by atoms with van der Waals surface area (Å²) in [5.41, 5.74) is 9.36. The number of carbonyl (C=O) groups is 1. The van der Waals surface area contributed by atoms with Gasteiger partial charge in [-0.1, -0.05) is 11.6 Å². The fourth-order valence-corrected chi connectivity index (χ4v) is 2.94. The van der Waals surface area contributed by atoms with E-state index in [1.54, 1.807) is 18.3 Å². The predicted molar refractivity (Wildman–Crippen MR) is 78.6 cm³/mol. The molecule has 2 N–H and O–H groups in total. The average molecular weight is 338 g/mol. The van der Waals surface area contributed by atoms with Crippen LogP contribution >= 0.6 is 27.5 Å². The summed E-state index contributed by atoms with van der Waals surface area (Å²) in [6, 6.07) is 5.33. The van der Waals surface area contributed by atoms with Gasteiger partial charge in [-0.05, 0) is 58.1 Å². The lowest BCUT2D eigenvalue weighted by atomic mass is 10.00. The molecule has 1 aromatic carbocycles. The normalized spacial score (nSPS) is 13.7. The van der Waals surface area contributed by atoms with Gasteiger partial charge < -0.3 is 5.73 Å². The standard InChI is InChI=1S/C14H10BrClN2O/c15-8-5-7-1-2-9-10(3-4-11(16)12(9)17)14(19)13(7)18-6-8/h3-6H,1-2,17H2. The summed E-state index contributed by atoms with van der Waals surface area (Å²) in [6.07, 6.45) is 3.06. The van der Waals surface area contributed by atoms with E-state index in [1.807, 2.05) is 6.07 Å². The molecular formula is C14H10BrClN2O. The van der Waals surface area contributed by atoms with Crippen LogP contribution in [0.25, 0.3) is 0 Å². The zero-order valence-corrected chi connectivity index (χ0v) is 12.3. The van der Waals surface area contributed by atoms with Crippen LogP contribution in [-0.4, -0.2) is 10.8 Å². The number of benzene rings is 1. The van der Waals surface area contributed by atoms with E-state index in [9.17, 15) is 4.79 Å². The molecule has 3 rings (SSSR count). The van der Waals surface area contributed by atoms with Crippen molar-refractivity contribution in [2.75, 3.05) is 5.73 Å². The molecule has 0 saturated heterocycles. The monoisotopic (exact) mass is 336 g/mol. The van der Waals surface area contributed by atoms with Gasteiger partial charge in [0.15, 0.2) is 0 Å². The van der Waals surface area contributed by atoms with Crippen molar-refractivity contribution in [2.45, 2.75) is 12.8 Å². The molecule has 0 fully saturated rings. The maximum Gasteiger partial charge on any atom is 0.211 e. The number of rotatable bonds is 0. The summed E-state index contributed by atoms with van der Waals surface area (Å²) in [5.74, 6) is -0.0848. The number of halogens is 2. The number of pyridine rings is 1. The Morgan fingerprint density at radius 3 is 2.89 bits per heavy atom. The lowest BCUT2D eigenvalue weighted by Gasteiger charge is -2.09. The molecule has 0 amide bonds. The van der Waals surface area contributed by atoms with Gasteiger partial charge in [0.1, 0.15) is 5.69 Å². The summed E-state index contributed by atoms with van der Waals surface area (Å²) in [4.78, 5) is 16.8. The van der Waals surface area contributed by atoms with Crippen molar-refractivity contribution in [3.63, 3.8) is 0 Å². The third-order valence-electron chi connectivity index (χ3n) is 3.34. The number of nitrogens with zero attached hydrogens (tertiary/aromatic N) is 1. The molecule has 0 unspecified atom stereocenters. The van der Waals surface area contributed by atoms with Crippen LogP contribution in [0.3, 0.4) is 0 Å². The first-order chi connectivity index (χ1) is 9.08. The van der Waals surface area contributed by atoms with Gasteiger partial charge in [-0.15, -0.1) is 0 Å². The van der Waals surface area contributed by atoms with E-state index >= 15 is 0 Å². The Kier molecular flexibility index (Phi) is 3.07. The third kappa shape index (κ3) is 2.05. The second kappa shape index (κ2) is 4.62. The van der Waals surface area contributed by atoms with Gasteiger partial charge in [-0.3, -0.25) is 9.78 Å². The van der Waals surface area contributed by atoms with Crippen LogP contribution in [0.4, 0.5) is 5.69 Å². The molecule has 0 atom stereocenters. The maximum atomic E-state index is 12.5. The van der Waals surface area contributed by atoms with Crippen molar-refractivity contribution in [2.24, 2.45) is 0 Å². The molecule has 2 aromatic rings. The largest absolute Gasteiger partial charge is 0.397 e. The highest BCUT2D eigenvalue weighted by Crippen LogP contribution is 2.32. The van der Waals surface area contributed by atoms with Crippen LogP contribution in [0, 0.1) is 0 Å². The highest BCUT2D eigenvalue weighted by Gasteiger charge is 2.24. The molecule has 0 bridgehead atoms. The lowest BCUT2D eigenvalue weighted by Crippen LogP contribution is -2.08. The summed E-state index contributed by atoms with van der Waals surface area (Å²) in [7, 11) is 0. The van der Waals surface area contributed by atoms with E-state index in [1.165, 1.54) is 0 Å². The smallest absolute Gasteiger partial charge is 0.211 e. The SMILES string of the molecule is Nc1c(Cl)ccc2c1CCc1cc(Br)cnc1C2=O. The Hall–Kier alpha value is -1.39. The molecule has 1 aliphatic rings. The molecule has 96 valence electrons. The van der Waals surface area contributed by atoms with Crippen molar-refractivity contribution in [3.05, 3.63) is 56.3 Å². The zero-order valence-electron chi connectivity index (χ0n) is 9.91. The Morgan fingerprint density at radius 1 is 1.32 bits per heavy atom. The Morgan fingerprint density at radius 2 is 2.11 bits per heavy atom. The second-order valence-electron chi connectivity index (χ2n) is 4.48. The minimum atomic E-state index is -0.0848. The maximum absolute atomic E-state index is 12.5. The Labute approximate surface area is 123 Å². The molecule has 0 radical (unpaired) electrons. The number of aryl methyl sites for hydroxylation is 1. The number of hydrogen-bond donors (Lipinski definition) is 1. The van der Waals surface area contributed by atoms with Crippen LogP contribution < -0.4 is 5.73 Å². The summed E-state index contributed by atoms with van der Waals surface area (Å²) in [5, 5.41) is 0.492. The van der Waals surface area contributed by atoms with E-state index in [-0.39, 0.29) is 5.78 Å². The van der Waals surface area contributed by atoms with E-state index in [0.29, 0.717) is 28.4 Å². The number of nitrogens with two attached hydrogens (primary N) is 1. The van der Waals surface area contributed by atoms with Crippen LogP contribution in [-0.2, 0) is 12.8 Å². The van der Waals surface area contributed by atoms with Crippen molar-refractivity contribution in [3.8, 4) is 0 Å². The summed E-state index contributed by atoms with van der Waals surface area (Å²) >= 11 is 9.40. The van der Waals surface area contributed by atoms with Crippen LogP contribution in [0.5, 0.6) is 0 Å². The molecule has 0 aliphatic heterocycles. The predicted octanol–water partition coefficient (Wildman–Crippen LogP) is 3.41. The minimum Gasteiger partial charge on any atom is -0.397 e.